The second kappa shape index (κ2) is 6.33. The maximum absolute atomic E-state index is 12.5. The summed E-state index contributed by atoms with van der Waals surface area (Å²) in [6.45, 7) is 0.989. The molecule has 7 heteroatoms. The average molecular weight is 280 g/mol. The van der Waals surface area contributed by atoms with Crippen molar-refractivity contribution in [3.63, 3.8) is 0 Å². The fourth-order valence-corrected chi connectivity index (χ4v) is 2.17. The van der Waals surface area contributed by atoms with Crippen molar-refractivity contribution >= 4 is 11.9 Å². The molecule has 1 unspecified atom stereocenters. The fraction of sp³-hybridized carbons (Fsp3) is 0.462. The van der Waals surface area contributed by atoms with Crippen molar-refractivity contribution < 1.29 is 24.2 Å². The smallest absolute Gasteiger partial charge is 0.305 e. The Morgan fingerprint density at radius 3 is 3.10 bits per heavy atom. The minimum atomic E-state index is -0.958. The van der Waals surface area contributed by atoms with Crippen molar-refractivity contribution in [2.24, 2.45) is 0 Å². The minimum absolute atomic E-state index is 0.140. The third-order valence-corrected chi connectivity index (χ3v) is 3.13. The molecule has 0 saturated carbocycles. The SMILES string of the molecule is COc1cnccc1C(=O)N1CCOCC1CC(=O)O. The van der Waals surface area contributed by atoms with Gasteiger partial charge in [-0.1, -0.05) is 0 Å². The van der Waals surface area contributed by atoms with E-state index in [-0.39, 0.29) is 18.9 Å². The first kappa shape index (κ1) is 14.3. The van der Waals surface area contributed by atoms with Gasteiger partial charge >= 0.3 is 5.97 Å². The summed E-state index contributed by atoms with van der Waals surface area (Å²) in [4.78, 5) is 28.8. The van der Waals surface area contributed by atoms with E-state index in [0.717, 1.165) is 0 Å². The van der Waals surface area contributed by atoms with Crippen molar-refractivity contribution in [2.75, 3.05) is 26.9 Å². The van der Waals surface area contributed by atoms with Gasteiger partial charge in [-0.2, -0.15) is 0 Å². The number of amides is 1. The molecule has 20 heavy (non-hydrogen) atoms. The van der Waals surface area contributed by atoms with E-state index in [0.29, 0.717) is 24.5 Å². The number of methoxy groups -OCH3 is 1. The quantitative estimate of drug-likeness (QED) is 0.859. The standard InChI is InChI=1S/C13H16N2O5/c1-19-11-7-14-3-2-10(11)13(18)15-4-5-20-8-9(15)6-12(16)17/h2-3,7,9H,4-6,8H2,1H3,(H,16,17). The lowest BCUT2D eigenvalue weighted by Gasteiger charge is -2.35. The van der Waals surface area contributed by atoms with Crippen LogP contribution in [0.5, 0.6) is 5.75 Å². The molecule has 1 aromatic heterocycles. The number of rotatable bonds is 4. The number of carbonyl (C=O) groups excluding carboxylic acids is 1. The van der Waals surface area contributed by atoms with Crippen LogP contribution in [-0.4, -0.2) is 59.8 Å². The minimum Gasteiger partial charge on any atom is -0.494 e. The van der Waals surface area contributed by atoms with Crippen LogP contribution in [0.3, 0.4) is 0 Å². The summed E-state index contributed by atoms with van der Waals surface area (Å²) in [5.41, 5.74) is 0.375. The normalized spacial score (nSPS) is 18.6. The molecule has 1 N–H and O–H groups in total. The zero-order valence-corrected chi connectivity index (χ0v) is 11.1. The molecule has 0 aromatic carbocycles. The number of carboxylic acids is 1. The molecule has 0 bridgehead atoms. The molecular weight excluding hydrogens is 264 g/mol. The molecule has 0 aliphatic carbocycles. The van der Waals surface area contributed by atoms with Crippen LogP contribution in [0.15, 0.2) is 18.5 Å². The van der Waals surface area contributed by atoms with Gasteiger partial charge in [0.25, 0.3) is 5.91 Å². The molecule has 1 aliphatic heterocycles. The molecule has 1 saturated heterocycles. The maximum Gasteiger partial charge on any atom is 0.305 e. The Hall–Kier alpha value is -2.15. The van der Waals surface area contributed by atoms with Crippen molar-refractivity contribution in [2.45, 2.75) is 12.5 Å². The number of carboxylic acid groups (broad SMARTS) is 1. The lowest BCUT2D eigenvalue weighted by molar-refractivity contribution is -0.139. The Balaban J connectivity index is 2.23. The van der Waals surface area contributed by atoms with Gasteiger partial charge in [0.2, 0.25) is 0 Å². The van der Waals surface area contributed by atoms with Crippen LogP contribution in [0.2, 0.25) is 0 Å². The zero-order valence-electron chi connectivity index (χ0n) is 11.1. The van der Waals surface area contributed by atoms with Gasteiger partial charge in [0.05, 0.1) is 44.5 Å². The summed E-state index contributed by atoms with van der Waals surface area (Å²) in [7, 11) is 1.46. The highest BCUT2D eigenvalue weighted by atomic mass is 16.5. The second-order valence-electron chi connectivity index (χ2n) is 4.40. The first-order chi connectivity index (χ1) is 9.63. The Labute approximate surface area is 116 Å². The van der Waals surface area contributed by atoms with Crippen LogP contribution >= 0.6 is 0 Å². The largest absolute Gasteiger partial charge is 0.494 e. The zero-order chi connectivity index (χ0) is 14.5. The molecule has 2 heterocycles. The Bertz CT molecular complexity index is 505. The van der Waals surface area contributed by atoms with Gasteiger partial charge in [0.1, 0.15) is 5.75 Å². The third kappa shape index (κ3) is 3.05. The predicted octanol–water partition coefficient (Wildman–Crippen LogP) is 0.406. The van der Waals surface area contributed by atoms with Gasteiger partial charge in [-0.05, 0) is 6.07 Å². The van der Waals surface area contributed by atoms with Gasteiger partial charge in [0, 0.05) is 12.7 Å². The van der Waals surface area contributed by atoms with Crippen molar-refractivity contribution in [1.29, 1.82) is 0 Å². The number of nitrogens with zero attached hydrogens (tertiary/aromatic N) is 2. The highest BCUT2D eigenvalue weighted by Gasteiger charge is 2.31. The van der Waals surface area contributed by atoms with Crippen LogP contribution in [0.25, 0.3) is 0 Å². The highest BCUT2D eigenvalue weighted by Crippen LogP contribution is 2.21. The Morgan fingerprint density at radius 1 is 1.60 bits per heavy atom. The number of aromatic nitrogens is 1. The molecular formula is C13H16N2O5. The van der Waals surface area contributed by atoms with E-state index in [1.54, 1.807) is 6.07 Å². The average Bonchev–Trinajstić information content (AvgIpc) is 2.46. The summed E-state index contributed by atoms with van der Waals surface area (Å²) in [6.07, 6.45) is 2.82. The molecule has 1 amide bonds. The number of ether oxygens (including phenoxy) is 2. The number of hydrogen-bond acceptors (Lipinski definition) is 5. The van der Waals surface area contributed by atoms with E-state index < -0.39 is 12.0 Å². The summed E-state index contributed by atoms with van der Waals surface area (Å²) in [5, 5.41) is 8.91. The number of aliphatic carboxylic acids is 1. The van der Waals surface area contributed by atoms with Crippen molar-refractivity contribution in [1.82, 2.24) is 9.88 Å². The number of morpholine rings is 1. The molecule has 1 atom stereocenters. The van der Waals surface area contributed by atoms with Crippen molar-refractivity contribution in [3.8, 4) is 5.75 Å². The van der Waals surface area contributed by atoms with E-state index in [9.17, 15) is 9.59 Å². The molecule has 1 aromatic rings. The van der Waals surface area contributed by atoms with Gasteiger partial charge in [0.15, 0.2) is 0 Å². The summed E-state index contributed by atoms with van der Waals surface area (Å²) < 4.78 is 10.4. The van der Waals surface area contributed by atoms with Crippen LogP contribution < -0.4 is 4.74 Å². The molecule has 1 fully saturated rings. The number of hydrogen-bond donors (Lipinski definition) is 1. The Kier molecular flexibility index (Phi) is 4.52. The third-order valence-electron chi connectivity index (χ3n) is 3.13. The number of pyridine rings is 1. The summed E-state index contributed by atoms with van der Waals surface area (Å²) in [6, 6.07) is 1.10. The summed E-state index contributed by atoms with van der Waals surface area (Å²) in [5.74, 6) is -0.850. The van der Waals surface area contributed by atoms with Crippen LogP contribution in [0.4, 0.5) is 0 Å². The van der Waals surface area contributed by atoms with E-state index in [1.807, 2.05) is 0 Å². The molecule has 0 spiro atoms. The fourth-order valence-electron chi connectivity index (χ4n) is 2.17. The van der Waals surface area contributed by atoms with Gasteiger partial charge < -0.3 is 19.5 Å². The Morgan fingerprint density at radius 2 is 2.40 bits per heavy atom. The summed E-state index contributed by atoms with van der Waals surface area (Å²) >= 11 is 0. The predicted molar refractivity (Wildman–Crippen MR) is 68.7 cm³/mol. The van der Waals surface area contributed by atoms with Crippen molar-refractivity contribution in [3.05, 3.63) is 24.0 Å². The molecule has 7 nitrogen and oxygen atoms in total. The molecule has 2 rings (SSSR count). The molecule has 1 aliphatic rings. The molecule has 0 radical (unpaired) electrons. The van der Waals surface area contributed by atoms with E-state index in [1.165, 1.54) is 24.4 Å². The first-order valence-corrected chi connectivity index (χ1v) is 6.22. The van der Waals surface area contributed by atoms with Gasteiger partial charge in [-0.15, -0.1) is 0 Å². The van der Waals surface area contributed by atoms with E-state index >= 15 is 0 Å². The van der Waals surface area contributed by atoms with Crippen LogP contribution in [0, 0.1) is 0 Å². The highest BCUT2D eigenvalue weighted by molar-refractivity contribution is 5.97. The lowest BCUT2D eigenvalue weighted by atomic mass is 10.1. The van der Waals surface area contributed by atoms with Gasteiger partial charge in [-0.3, -0.25) is 14.6 Å². The van der Waals surface area contributed by atoms with E-state index in [2.05, 4.69) is 4.98 Å². The number of carbonyl (C=O) groups is 2. The lowest BCUT2D eigenvalue weighted by Crippen LogP contribution is -2.49. The second-order valence-corrected chi connectivity index (χ2v) is 4.40. The van der Waals surface area contributed by atoms with Crippen LogP contribution in [-0.2, 0) is 9.53 Å². The molecule has 108 valence electrons. The van der Waals surface area contributed by atoms with Crippen LogP contribution in [0.1, 0.15) is 16.8 Å². The van der Waals surface area contributed by atoms with Gasteiger partial charge in [-0.25, -0.2) is 0 Å². The topological polar surface area (TPSA) is 89.0 Å². The van der Waals surface area contributed by atoms with E-state index in [4.69, 9.17) is 14.6 Å². The maximum atomic E-state index is 12.5. The monoisotopic (exact) mass is 280 g/mol. The first-order valence-electron chi connectivity index (χ1n) is 6.22.